The summed E-state index contributed by atoms with van der Waals surface area (Å²) < 4.78 is 20.1. The molecule has 0 heterocycles. The molecule has 0 aromatic heterocycles. The summed E-state index contributed by atoms with van der Waals surface area (Å²) in [5.41, 5.74) is 1.21. The van der Waals surface area contributed by atoms with Crippen LogP contribution in [0.5, 0.6) is 5.75 Å². The minimum atomic E-state index is -0.187. The van der Waals surface area contributed by atoms with Gasteiger partial charge in [-0.05, 0) is 86.8 Å². The van der Waals surface area contributed by atoms with Crippen LogP contribution in [0.15, 0.2) is 30.4 Å². The molecule has 0 spiro atoms. The van der Waals surface area contributed by atoms with E-state index in [1.165, 1.54) is 89.0 Å². The average molecular weight is 415 g/mol. The fourth-order valence-corrected chi connectivity index (χ4v) is 5.79. The fraction of sp³-hybridized carbons (Fsp3) is 0.714. The van der Waals surface area contributed by atoms with Gasteiger partial charge < -0.3 is 4.74 Å². The Morgan fingerprint density at radius 2 is 1.80 bits per heavy atom. The number of ether oxygens (including phenoxy) is 1. The van der Waals surface area contributed by atoms with Gasteiger partial charge in [-0.1, -0.05) is 70.1 Å². The van der Waals surface area contributed by atoms with Crippen LogP contribution in [0.25, 0.3) is 0 Å². The average Bonchev–Trinajstić information content (AvgIpc) is 2.78. The van der Waals surface area contributed by atoms with Crippen LogP contribution in [0, 0.1) is 23.6 Å². The molecule has 2 aliphatic rings. The van der Waals surface area contributed by atoms with Crippen molar-refractivity contribution < 1.29 is 9.13 Å². The van der Waals surface area contributed by atoms with E-state index in [2.05, 4.69) is 25.1 Å². The van der Waals surface area contributed by atoms with Gasteiger partial charge in [0.25, 0.3) is 0 Å². The molecule has 1 saturated carbocycles. The Morgan fingerprint density at radius 3 is 2.47 bits per heavy atom. The summed E-state index contributed by atoms with van der Waals surface area (Å²) in [6.45, 7) is 4.71. The van der Waals surface area contributed by atoms with Crippen LogP contribution in [0.1, 0.15) is 109 Å². The van der Waals surface area contributed by atoms with Crippen molar-refractivity contribution in [2.75, 3.05) is 6.61 Å². The molecule has 30 heavy (non-hydrogen) atoms. The lowest BCUT2D eigenvalue weighted by atomic mass is 9.69. The molecule has 2 heteroatoms. The van der Waals surface area contributed by atoms with Gasteiger partial charge in [0.15, 0.2) is 11.6 Å². The molecular formula is C28H43FO. The first-order valence-corrected chi connectivity index (χ1v) is 12.8. The molecule has 168 valence electrons. The summed E-state index contributed by atoms with van der Waals surface area (Å²) >= 11 is 0. The zero-order valence-electron chi connectivity index (χ0n) is 19.4. The van der Waals surface area contributed by atoms with E-state index in [9.17, 15) is 4.39 Å². The summed E-state index contributed by atoms with van der Waals surface area (Å²) in [4.78, 5) is 0. The van der Waals surface area contributed by atoms with Crippen LogP contribution >= 0.6 is 0 Å². The highest BCUT2D eigenvalue weighted by molar-refractivity contribution is 5.32. The van der Waals surface area contributed by atoms with E-state index < -0.39 is 0 Å². The van der Waals surface area contributed by atoms with Crippen molar-refractivity contribution in [3.63, 3.8) is 0 Å². The van der Waals surface area contributed by atoms with Crippen LogP contribution in [0.4, 0.5) is 4.39 Å². The second-order valence-electron chi connectivity index (χ2n) is 9.75. The maximum Gasteiger partial charge on any atom is 0.165 e. The minimum absolute atomic E-state index is 0.187. The van der Waals surface area contributed by atoms with Crippen LogP contribution in [-0.4, -0.2) is 6.61 Å². The lowest BCUT2D eigenvalue weighted by Gasteiger charge is -2.36. The Bertz CT molecular complexity index is 644. The molecule has 2 aliphatic carbocycles. The predicted octanol–water partition coefficient (Wildman–Crippen LogP) is 8.83. The van der Waals surface area contributed by atoms with Gasteiger partial charge in [-0.15, -0.1) is 0 Å². The monoisotopic (exact) mass is 414 g/mol. The van der Waals surface area contributed by atoms with Crippen molar-refractivity contribution in [3.8, 4) is 5.75 Å². The molecule has 0 amide bonds. The second kappa shape index (κ2) is 12.5. The number of unbranched alkanes of at least 4 members (excludes halogenated alkanes) is 3. The number of hydrogen-bond acceptors (Lipinski definition) is 1. The number of benzene rings is 1. The summed E-state index contributed by atoms with van der Waals surface area (Å²) in [6.07, 6.45) is 21.9. The molecule has 0 aliphatic heterocycles. The molecule has 1 fully saturated rings. The smallest absolute Gasteiger partial charge is 0.165 e. The van der Waals surface area contributed by atoms with Gasteiger partial charge in [0.1, 0.15) is 0 Å². The van der Waals surface area contributed by atoms with Crippen LogP contribution in [-0.2, 0) is 0 Å². The van der Waals surface area contributed by atoms with Gasteiger partial charge in [-0.25, -0.2) is 4.39 Å². The van der Waals surface area contributed by atoms with Gasteiger partial charge in [-0.2, -0.15) is 0 Å². The third kappa shape index (κ3) is 6.86. The molecular weight excluding hydrogens is 371 g/mol. The molecule has 0 bridgehead atoms. The summed E-state index contributed by atoms with van der Waals surface area (Å²) in [5, 5.41) is 0. The molecule has 1 nitrogen and oxygen atoms in total. The van der Waals surface area contributed by atoms with E-state index in [0.717, 1.165) is 11.8 Å². The van der Waals surface area contributed by atoms with Crippen molar-refractivity contribution >= 4 is 0 Å². The Labute approximate surface area is 184 Å². The molecule has 1 aromatic carbocycles. The van der Waals surface area contributed by atoms with Gasteiger partial charge in [-0.3, -0.25) is 0 Å². The van der Waals surface area contributed by atoms with E-state index in [1.54, 1.807) is 6.07 Å². The molecule has 1 aromatic rings. The first kappa shape index (κ1) is 23.4. The first-order valence-electron chi connectivity index (χ1n) is 12.8. The summed E-state index contributed by atoms with van der Waals surface area (Å²) in [6, 6.07) is 5.79. The number of rotatable bonds is 11. The highest BCUT2D eigenvalue weighted by atomic mass is 19.1. The Morgan fingerprint density at radius 1 is 0.967 bits per heavy atom. The Hall–Kier alpha value is -1.31. The number of allylic oxidation sites excluding steroid dienone is 2. The second-order valence-corrected chi connectivity index (χ2v) is 9.75. The SMILES string of the molecule is CCCCCCC1CCC(C(CC2CC=CCC2)c2ccc(OCC)c(F)c2)CC1. The topological polar surface area (TPSA) is 9.23 Å². The zero-order chi connectivity index (χ0) is 21.2. The molecule has 3 rings (SSSR count). The third-order valence-corrected chi connectivity index (χ3v) is 7.58. The predicted molar refractivity (Wildman–Crippen MR) is 126 cm³/mol. The van der Waals surface area contributed by atoms with Crippen molar-refractivity contribution in [2.45, 2.75) is 103 Å². The standard InChI is InChI=1S/C28H43FO/c1-3-5-6-8-11-22-14-16-24(17-15-22)26(20-23-12-9-7-10-13-23)25-18-19-28(30-4-2)27(29)21-25/h7,9,18-19,21-24,26H,3-6,8,10-17,20H2,1-2H3. The lowest BCUT2D eigenvalue weighted by Crippen LogP contribution is -2.23. The van der Waals surface area contributed by atoms with E-state index in [4.69, 9.17) is 4.74 Å². The van der Waals surface area contributed by atoms with Crippen LogP contribution < -0.4 is 4.74 Å². The highest BCUT2D eigenvalue weighted by Gasteiger charge is 2.31. The molecule has 0 N–H and O–H groups in total. The van der Waals surface area contributed by atoms with Crippen LogP contribution in [0.2, 0.25) is 0 Å². The van der Waals surface area contributed by atoms with Gasteiger partial charge >= 0.3 is 0 Å². The maximum atomic E-state index is 14.7. The van der Waals surface area contributed by atoms with Crippen LogP contribution in [0.3, 0.4) is 0 Å². The fourth-order valence-electron chi connectivity index (χ4n) is 5.79. The van der Waals surface area contributed by atoms with Gasteiger partial charge in [0, 0.05) is 0 Å². The van der Waals surface area contributed by atoms with E-state index in [1.807, 2.05) is 13.0 Å². The van der Waals surface area contributed by atoms with Crippen molar-refractivity contribution in [1.29, 1.82) is 0 Å². The normalized spacial score (nSPS) is 25.2. The summed E-state index contributed by atoms with van der Waals surface area (Å²) in [7, 11) is 0. The van der Waals surface area contributed by atoms with Gasteiger partial charge in [0.05, 0.1) is 6.61 Å². The maximum absolute atomic E-state index is 14.7. The third-order valence-electron chi connectivity index (χ3n) is 7.58. The number of halogens is 1. The molecule has 2 atom stereocenters. The minimum Gasteiger partial charge on any atom is -0.491 e. The van der Waals surface area contributed by atoms with E-state index >= 15 is 0 Å². The first-order chi connectivity index (χ1) is 14.7. The van der Waals surface area contributed by atoms with Gasteiger partial charge in [0.2, 0.25) is 0 Å². The molecule has 0 saturated heterocycles. The largest absolute Gasteiger partial charge is 0.491 e. The summed E-state index contributed by atoms with van der Waals surface area (Å²) in [5.74, 6) is 3.09. The van der Waals surface area contributed by atoms with E-state index in [0.29, 0.717) is 24.2 Å². The molecule has 0 radical (unpaired) electrons. The van der Waals surface area contributed by atoms with Crippen molar-refractivity contribution in [1.82, 2.24) is 0 Å². The Balaban J connectivity index is 1.64. The molecule has 2 unspecified atom stereocenters. The zero-order valence-corrected chi connectivity index (χ0v) is 19.4. The van der Waals surface area contributed by atoms with Crippen molar-refractivity contribution in [3.05, 3.63) is 41.7 Å². The van der Waals surface area contributed by atoms with E-state index in [-0.39, 0.29) is 5.82 Å². The number of hydrogen-bond donors (Lipinski definition) is 0. The quantitative estimate of drug-likeness (QED) is 0.259. The Kier molecular flexibility index (Phi) is 9.75. The van der Waals surface area contributed by atoms with Crippen molar-refractivity contribution in [2.24, 2.45) is 17.8 Å². The lowest BCUT2D eigenvalue weighted by molar-refractivity contribution is 0.209. The highest BCUT2D eigenvalue weighted by Crippen LogP contribution is 2.44.